The number of imidazole rings is 1. The van der Waals surface area contributed by atoms with Gasteiger partial charge in [-0.3, -0.25) is 14.3 Å². The molecule has 0 aliphatic carbocycles. The molecule has 0 bridgehead atoms. The van der Waals surface area contributed by atoms with Crippen LogP contribution in [0.15, 0.2) is 77.7 Å². The van der Waals surface area contributed by atoms with Gasteiger partial charge in [-0.1, -0.05) is 36.4 Å². The molecular formula is C28H26F3N5O8S2. The summed E-state index contributed by atoms with van der Waals surface area (Å²) < 4.78 is 87.6. The number of carboxylic acids is 1. The van der Waals surface area contributed by atoms with E-state index >= 15 is 0 Å². The van der Waals surface area contributed by atoms with Crippen molar-refractivity contribution in [1.82, 2.24) is 19.4 Å². The lowest BCUT2D eigenvalue weighted by molar-refractivity contribution is -0.192. The molecule has 0 spiro atoms. The third-order valence-corrected chi connectivity index (χ3v) is 9.74. The molecule has 1 aliphatic heterocycles. The van der Waals surface area contributed by atoms with E-state index in [4.69, 9.17) is 9.90 Å². The number of aliphatic carboxylic acids is 1. The van der Waals surface area contributed by atoms with E-state index in [1.165, 1.54) is 31.2 Å². The predicted octanol–water partition coefficient (Wildman–Crippen LogP) is 3.31. The molecule has 4 aromatic rings. The highest BCUT2D eigenvalue weighted by Gasteiger charge is 2.38. The number of hydrogen-bond donors (Lipinski definition) is 5. The second-order valence-electron chi connectivity index (χ2n) is 10.0. The number of rotatable bonds is 8. The summed E-state index contributed by atoms with van der Waals surface area (Å²) in [5, 5.41) is 8.76. The Hall–Kier alpha value is -4.81. The highest BCUT2D eigenvalue weighted by atomic mass is 32.2. The van der Waals surface area contributed by atoms with Crippen LogP contribution in [0.3, 0.4) is 0 Å². The van der Waals surface area contributed by atoms with Gasteiger partial charge < -0.3 is 15.4 Å². The summed E-state index contributed by atoms with van der Waals surface area (Å²) >= 11 is 0. The predicted molar refractivity (Wildman–Crippen MR) is 158 cm³/mol. The first kappa shape index (κ1) is 34.1. The van der Waals surface area contributed by atoms with Gasteiger partial charge in [-0.2, -0.15) is 13.2 Å². The lowest BCUT2D eigenvalue weighted by Gasteiger charge is -2.18. The van der Waals surface area contributed by atoms with Crippen molar-refractivity contribution in [2.24, 2.45) is 0 Å². The number of benzene rings is 3. The zero-order valence-electron chi connectivity index (χ0n) is 23.7. The quantitative estimate of drug-likeness (QED) is 0.185. The number of halogens is 3. The second kappa shape index (κ2) is 13.3. The minimum absolute atomic E-state index is 0.0108. The van der Waals surface area contributed by atoms with Crippen LogP contribution in [0.1, 0.15) is 41.6 Å². The topological polar surface area (TPSA) is 204 Å². The average Bonchev–Trinajstić information content (AvgIpc) is 3.52. The first-order chi connectivity index (χ1) is 21.4. The molecular weight excluding hydrogens is 655 g/mol. The monoisotopic (exact) mass is 681 g/mol. The number of sulfonamides is 2. The van der Waals surface area contributed by atoms with Crippen LogP contribution >= 0.6 is 0 Å². The van der Waals surface area contributed by atoms with Crippen LogP contribution < -0.4 is 14.8 Å². The fraction of sp³-hybridized carbons (Fsp3) is 0.214. The number of alkyl halides is 3. The fourth-order valence-corrected chi connectivity index (χ4v) is 7.09. The number of carbonyl (C=O) groups is 3. The van der Waals surface area contributed by atoms with Crippen LogP contribution in [0, 0.1) is 0 Å². The Bertz CT molecular complexity index is 1950. The van der Waals surface area contributed by atoms with Crippen LogP contribution in [-0.4, -0.2) is 55.9 Å². The van der Waals surface area contributed by atoms with Crippen molar-refractivity contribution in [3.8, 4) is 0 Å². The van der Waals surface area contributed by atoms with E-state index < -0.39 is 49.4 Å². The van der Waals surface area contributed by atoms with E-state index in [1.807, 2.05) is 29.0 Å². The number of nitrogens with one attached hydrogen (secondary N) is 4. The van der Waals surface area contributed by atoms with Gasteiger partial charge in [0.1, 0.15) is 11.1 Å². The number of nitrogens with zero attached hydrogens (tertiary/aromatic N) is 1. The Balaban J connectivity index is 0.000000617. The van der Waals surface area contributed by atoms with Crippen molar-refractivity contribution in [2.75, 3.05) is 5.32 Å². The van der Waals surface area contributed by atoms with Gasteiger partial charge >= 0.3 is 12.1 Å². The van der Waals surface area contributed by atoms with Crippen molar-refractivity contribution >= 4 is 54.6 Å². The molecule has 2 heterocycles. The first-order valence-electron chi connectivity index (χ1n) is 13.2. The van der Waals surface area contributed by atoms with Gasteiger partial charge in [-0.15, -0.1) is 0 Å². The molecule has 18 heteroatoms. The molecule has 5 N–H and O–H groups in total. The summed E-state index contributed by atoms with van der Waals surface area (Å²) in [6, 6.07) is 19.0. The Labute approximate surface area is 260 Å². The number of para-hydroxylation sites is 2. The molecule has 3 aromatic carbocycles. The number of anilines is 1. The minimum Gasteiger partial charge on any atom is -0.475 e. The molecule has 2 amide bonds. The average molecular weight is 682 g/mol. The number of aromatic amines is 1. The molecule has 13 nitrogen and oxygen atoms in total. The molecule has 1 fully saturated rings. The van der Waals surface area contributed by atoms with Gasteiger partial charge in [0.05, 0.1) is 28.4 Å². The number of amides is 2. The molecule has 1 aromatic heterocycles. The number of carboxylic acid groups (broad SMARTS) is 1. The number of aromatic nitrogens is 2. The van der Waals surface area contributed by atoms with Crippen molar-refractivity contribution in [1.29, 1.82) is 0 Å². The summed E-state index contributed by atoms with van der Waals surface area (Å²) in [5.74, 6) is -3.17. The van der Waals surface area contributed by atoms with Gasteiger partial charge in [0.15, 0.2) is 0 Å². The maximum atomic E-state index is 13.3. The van der Waals surface area contributed by atoms with E-state index in [-0.39, 0.29) is 23.6 Å². The smallest absolute Gasteiger partial charge is 0.475 e. The Morgan fingerprint density at radius 2 is 1.65 bits per heavy atom. The summed E-state index contributed by atoms with van der Waals surface area (Å²) in [7, 11) is -7.78. The SMILES string of the molecule is CC(=O)Nc1ccc(S(=O)(=O)N[C@@H](Cc2ccc(C3CC(=O)NS3(=O)=O)cc2)c2nc3ccccc3[nH]2)cc1.O=C(O)C(F)(F)F. The van der Waals surface area contributed by atoms with Crippen molar-refractivity contribution in [3.05, 3.63) is 89.7 Å². The second-order valence-corrected chi connectivity index (χ2v) is 13.6. The summed E-state index contributed by atoms with van der Waals surface area (Å²) in [4.78, 5) is 39.6. The number of H-pyrrole nitrogens is 1. The number of fused-ring (bicyclic) bond motifs is 1. The van der Waals surface area contributed by atoms with E-state index in [0.29, 0.717) is 22.6 Å². The van der Waals surface area contributed by atoms with Gasteiger partial charge in [0.2, 0.25) is 31.9 Å². The maximum absolute atomic E-state index is 13.3. The highest BCUT2D eigenvalue weighted by Crippen LogP contribution is 2.31. The molecule has 46 heavy (non-hydrogen) atoms. The molecule has 5 rings (SSSR count). The van der Waals surface area contributed by atoms with Crippen molar-refractivity contribution in [2.45, 2.75) is 42.1 Å². The summed E-state index contributed by atoms with van der Waals surface area (Å²) in [6.07, 6.45) is -5.03. The van der Waals surface area contributed by atoms with Crippen LogP contribution in [0.5, 0.6) is 0 Å². The van der Waals surface area contributed by atoms with E-state index in [0.717, 1.165) is 11.1 Å². The van der Waals surface area contributed by atoms with Gasteiger partial charge in [0.25, 0.3) is 0 Å². The van der Waals surface area contributed by atoms with Gasteiger partial charge in [0, 0.05) is 12.6 Å². The van der Waals surface area contributed by atoms with Crippen molar-refractivity contribution < 1.29 is 49.5 Å². The normalized spacial score (nSPS) is 16.6. The highest BCUT2D eigenvalue weighted by molar-refractivity contribution is 7.90. The van der Waals surface area contributed by atoms with Crippen LogP contribution in [0.25, 0.3) is 11.0 Å². The standard InChI is InChI=1S/C26H25N5O6S2.C2HF3O2/c1-16(32)27-19-10-12-20(13-11-19)38(34,35)30-23(26-28-21-4-2-3-5-22(21)29-26)14-17-6-8-18(9-7-17)24-15-25(33)31-39(24,36)37;3-2(4,5)1(6)7/h2-13,23-24,30H,14-15H2,1H3,(H,27,32)(H,28,29)(H,31,33);(H,6,7)/t23-,24?;/m0./s1. The largest absolute Gasteiger partial charge is 0.490 e. The van der Waals surface area contributed by atoms with Crippen LogP contribution in [0.4, 0.5) is 18.9 Å². The number of hydrogen-bond acceptors (Lipinski definition) is 8. The Morgan fingerprint density at radius 3 is 2.17 bits per heavy atom. The lowest BCUT2D eigenvalue weighted by Crippen LogP contribution is -2.31. The van der Waals surface area contributed by atoms with E-state index in [1.54, 1.807) is 24.3 Å². The van der Waals surface area contributed by atoms with Crippen LogP contribution in [-0.2, 0) is 40.9 Å². The summed E-state index contributed by atoms with van der Waals surface area (Å²) in [5.41, 5.74) is 3.09. The third kappa shape index (κ3) is 8.46. The minimum atomic E-state index is -5.08. The molecule has 1 unspecified atom stereocenters. The molecule has 2 atom stereocenters. The molecule has 244 valence electrons. The van der Waals surface area contributed by atoms with Gasteiger partial charge in [-0.25, -0.2) is 31.3 Å². The Kier molecular flexibility index (Phi) is 9.83. The van der Waals surface area contributed by atoms with Crippen LogP contribution in [0.2, 0.25) is 0 Å². The molecule has 0 radical (unpaired) electrons. The number of carbonyl (C=O) groups excluding carboxylic acids is 2. The molecule has 1 aliphatic rings. The maximum Gasteiger partial charge on any atom is 0.490 e. The molecule has 1 saturated heterocycles. The third-order valence-electron chi connectivity index (χ3n) is 6.56. The van der Waals surface area contributed by atoms with E-state index in [2.05, 4.69) is 20.0 Å². The van der Waals surface area contributed by atoms with E-state index in [9.17, 15) is 39.6 Å². The first-order valence-corrected chi connectivity index (χ1v) is 16.3. The zero-order valence-corrected chi connectivity index (χ0v) is 25.3. The molecule has 0 saturated carbocycles. The fourth-order valence-electron chi connectivity index (χ4n) is 4.46. The van der Waals surface area contributed by atoms with Gasteiger partial charge in [-0.05, 0) is 53.9 Å². The summed E-state index contributed by atoms with van der Waals surface area (Å²) in [6.45, 7) is 1.36. The zero-order chi connectivity index (χ0) is 33.9. The van der Waals surface area contributed by atoms with Crippen molar-refractivity contribution in [3.63, 3.8) is 0 Å². The lowest BCUT2D eigenvalue weighted by atomic mass is 10.0. The Morgan fingerprint density at radius 1 is 1.04 bits per heavy atom.